The molecular formula is C19H14ClFN4O3. The van der Waals surface area contributed by atoms with Gasteiger partial charge in [0.05, 0.1) is 11.5 Å². The van der Waals surface area contributed by atoms with Crippen LogP contribution in [0.4, 0.5) is 16.1 Å². The van der Waals surface area contributed by atoms with Gasteiger partial charge < -0.3 is 9.32 Å². The topological polar surface area (TPSA) is 88.3 Å². The van der Waals surface area contributed by atoms with Crippen LogP contribution in [0.15, 0.2) is 52.9 Å². The molecule has 3 aromatic rings. The van der Waals surface area contributed by atoms with E-state index in [1.165, 1.54) is 18.2 Å². The highest BCUT2D eigenvalue weighted by Gasteiger charge is 2.35. The number of benzene rings is 2. The molecule has 1 N–H and O–H groups in total. The quantitative estimate of drug-likeness (QED) is 0.722. The van der Waals surface area contributed by atoms with Gasteiger partial charge in [-0.1, -0.05) is 28.8 Å². The summed E-state index contributed by atoms with van der Waals surface area (Å²) < 4.78 is 19.2. The molecule has 2 amide bonds. The Morgan fingerprint density at radius 3 is 2.68 bits per heavy atom. The summed E-state index contributed by atoms with van der Waals surface area (Å²) in [5.41, 5.74) is 0.594. The molecule has 1 atom stereocenters. The average molecular weight is 401 g/mol. The summed E-state index contributed by atoms with van der Waals surface area (Å²) in [4.78, 5) is 26.1. The Bertz CT molecular complexity index is 1040. The molecule has 2 aromatic carbocycles. The fraction of sp³-hybridized carbons (Fsp3) is 0.158. The van der Waals surface area contributed by atoms with Crippen molar-refractivity contribution < 1.29 is 18.4 Å². The second kappa shape index (κ2) is 7.40. The van der Waals surface area contributed by atoms with Crippen molar-refractivity contribution in [3.05, 3.63) is 70.8 Å². The van der Waals surface area contributed by atoms with Crippen LogP contribution in [-0.2, 0) is 4.79 Å². The summed E-state index contributed by atoms with van der Waals surface area (Å²) in [6.45, 7) is 0.364. The molecule has 28 heavy (non-hydrogen) atoms. The number of amides is 2. The van der Waals surface area contributed by atoms with E-state index in [0.717, 1.165) is 5.69 Å². The zero-order valence-electron chi connectivity index (χ0n) is 14.4. The monoisotopic (exact) mass is 400 g/mol. The number of nitrogens with zero attached hydrogens (tertiary/aromatic N) is 3. The molecule has 1 saturated heterocycles. The predicted octanol–water partition coefficient (Wildman–Crippen LogP) is 3.63. The summed E-state index contributed by atoms with van der Waals surface area (Å²) in [5, 5.41) is 10.6. The van der Waals surface area contributed by atoms with Crippen LogP contribution in [0.25, 0.3) is 0 Å². The van der Waals surface area contributed by atoms with Crippen molar-refractivity contribution in [2.75, 3.05) is 16.8 Å². The minimum absolute atomic E-state index is 0.0811. The number of anilines is 2. The molecule has 0 spiro atoms. The zero-order chi connectivity index (χ0) is 19.7. The van der Waals surface area contributed by atoms with Crippen molar-refractivity contribution in [1.82, 2.24) is 10.2 Å². The molecule has 0 aliphatic carbocycles. The smallest absolute Gasteiger partial charge is 0.322 e. The maximum absolute atomic E-state index is 13.7. The van der Waals surface area contributed by atoms with Crippen LogP contribution in [-0.4, -0.2) is 28.6 Å². The molecule has 1 aliphatic heterocycles. The summed E-state index contributed by atoms with van der Waals surface area (Å²) in [6, 6.07) is 12.4. The maximum atomic E-state index is 13.7. The van der Waals surface area contributed by atoms with Crippen molar-refractivity contribution in [2.24, 2.45) is 0 Å². The Kier molecular flexibility index (Phi) is 4.79. The van der Waals surface area contributed by atoms with E-state index >= 15 is 0 Å². The van der Waals surface area contributed by atoms with Gasteiger partial charge in [-0.3, -0.25) is 14.9 Å². The second-order valence-electron chi connectivity index (χ2n) is 6.26. The minimum atomic E-state index is -0.696. The van der Waals surface area contributed by atoms with E-state index in [1.54, 1.807) is 35.2 Å². The van der Waals surface area contributed by atoms with Crippen LogP contribution in [0.1, 0.15) is 28.6 Å². The molecule has 142 valence electrons. The van der Waals surface area contributed by atoms with Gasteiger partial charge in [0.1, 0.15) is 5.82 Å². The highest BCUT2D eigenvalue weighted by Crippen LogP contribution is 2.32. The summed E-state index contributed by atoms with van der Waals surface area (Å²) in [7, 11) is 0. The number of halogens is 2. The van der Waals surface area contributed by atoms with Crippen LogP contribution < -0.4 is 10.2 Å². The third-order valence-electron chi connectivity index (χ3n) is 4.39. The Morgan fingerprint density at radius 2 is 1.93 bits per heavy atom. The van der Waals surface area contributed by atoms with Crippen molar-refractivity contribution in [1.29, 1.82) is 0 Å². The average Bonchev–Trinajstić information content (AvgIpc) is 3.29. The number of hydrogen-bond donors (Lipinski definition) is 1. The zero-order valence-corrected chi connectivity index (χ0v) is 15.2. The van der Waals surface area contributed by atoms with E-state index in [0.29, 0.717) is 11.6 Å². The van der Waals surface area contributed by atoms with Gasteiger partial charge in [0.25, 0.3) is 5.91 Å². The predicted molar refractivity (Wildman–Crippen MR) is 99.8 cm³/mol. The second-order valence-corrected chi connectivity index (χ2v) is 6.70. The van der Waals surface area contributed by atoms with E-state index in [-0.39, 0.29) is 35.7 Å². The maximum Gasteiger partial charge on any atom is 0.322 e. The molecule has 1 fully saturated rings. The summed E-state index contributed by atoms with van der Waals surface area (Å²) >= 11 is 5.88. The molecule has 1 aliphatic rings. The summed E-state index contributed by atoms with van der Waals surface area (Å²) in [5.74, 6) is -1.51. The van der Waals surface area contributed by atoms with Crippen molar-refractivity contribution >= 4 is 35.1 Å². The first-order valence-corrected chi connectivity index (χ1v) is 8.84. The van der Waals surface area contributed by atoms with Gasteiger partial charge >= 0.3 is 6.01 Å². The third kappa shape index (κ3) is 3.59. The normalized spacial score (nSPS) is 16.4. The van der Waals surface area contributed by atoms with Gasteiger partial charge in [0.2, 0.25) is 11.8 Å². The molecule has 1 aromatic heterocycles. The van der Waals surface area contributed by atoms with E-state index in [9.17, 15) is 14.0 Å². The Morgan fingerprint density at radius 1 is 1.18 bits per heavy atom. The standard InChI is InChI=1S/C19H14ClFN4O3/c20-12-5-7-13(8-6-12)25-10-11(9-16(25)26)18-23-24-19(28-18)22-17(27)14-3-1-2-4-15(14)21/h1-8,11H,9-10H2,(H,22,24,27)/t11-/m0/s1. The van der Waals surface area contributed by atoms with Crippen LogP contribution >= 0.6 is 11.6 Å². The molecule has 0 bridgehead atoms. The van der Waals surface area contributed by atoms with Crippen LogP contribution in [0.2, 0.25) is 5.02 Å². The highest BCUT2D eigenvalue weighted by atomic mass is 35.5. The Hall–Kier alpha value is -3.26. The fourth-order valence-electron chi connectivity index (χ4n) is 3.00. The van der Waals surface area contributed by atoms with E-state index in [4.69, 9.17) is 16.0 Å². The number of carbonyl (C=O) groups is 2. The number of hydrogen-bond acceptors (Lipinski definition) is 5. The van der Waals surface area contributed by atoms with Crippen molar-refractivity contribution in [3.8, 4) is 0 Å². The molecule has 0 radical (unpaired) electrons. The van der Waals surface area contributed by atoms with Crippen molar-refractivity contribution in [3.63, 3.8) is 0 Å². The lowest BCUT2D eigenvalue weighted by atomic mass is 10.1. The van der Waals surface area contributed by atoms with Gasteiger partial charge in [-0.25, -0.2) is 4.39 Å². The first kappa shape index (κ1) is 18.1. The molecule has 7 nitrogen and oxygen atoms in total. The van der Waals surface area contributed by atoms with Crippen LogP contribution in [0, 0.1) is 5.82 Å². The molecule has 2 heterocycles. The van der Waals surface area contributed by atoms with Gasteiger partial charge in [0, 0.05) is 23.7 Å². The van der Waals surface area contributed by atoms with E-state index < -0.39 is 11.7 Å². The number of rotatable bonds is 4. The molecule has 4 rings (SSSR count). The highest BCUT2D eigenvalue weighted by molar-refractivity contribution is 6.30. The van der Waals surface area contributed by atoms with Crippen LogP contribution in [0.5, 0.6) is 0 Å². The lowest BCUT2D eigenvalue weighted by Crippen LogP contribution is -2.24. The molecule has 0 saturated carbocycles. The largest absolute Gasteiger partial charge is 0.407 e. The Labute approximate surface area is 164 Å². The first-order valence-electron chi connectivity index (χ1n) is 8.46. The lowest BCUT2D eigenvalue weighted by Gasteiger charge is -2.16. The number of aromatic nitrogens is 2. The lowest BCUT2D eigenvalue weighted by molar-refractivity contribution is -0.117. The Balaban J connectivity index is 1.46. The number of nitrogens with one attached hydrogen (secondary N) is 1. The molecule has 9 heteroatoms. The van der Waals surface area contributed by atoms with E-state index in [2.05, 4.69) is 15.5 Å². The van der Waals surface area contributed by atoms with Gasteiger partial charge in [-0.05, 0) is 36.4 Å². The molecule has 0 unspecified atom stereocenters. The van der Waals surface area contributed by atoms with Crippen molar-refractivity contribution in [2.45, 2.75) is 12.3 Å². The first-order chi connectivity index (χ1) is 13.5. The van der Waals surface area contributed by atoms with E-state index in [1.807, 2.05) is 0 Å². The summed E-state index contributed by atoms with van der Waals surface area (Å²) in [6.07, 6.45) is 0.200. The fourth-order valence-corrected chi connectivity index (χ4v) is 3.13. The van der Waals surface area contributed by atoms with Crippen LogP contribution in [0.3, 0.4) is 0 Å². The number of carbonyl (C=O) groups excluding carboxylic acids is 2. The SMILES string of the molecule is O=C(Nc1nnc([C@H]2CC(=O)N(c3ccc(Cl)cc3)C2)o1)c1ccccc1F. The van der Waals surface area contributed by atoms with Gasteiger partial charge in [-0.15, -0.1) is 5.10 Å². The van der Waals surface area contributed by atoms with Gasteiger partial charge in [-0.2, -0.15) is 0 Å². The van der Waals surface area contributed by atoms with Gasteiger partial charge in [0.15, 0.2) is 0 Å². The third-order valence-corrected chi connectivity index (χ3v) is 4.64. The molecular weight excluding hydrogens is 387 g/mol. The minimum Gasteiger partial charge on any atom is -0.407 e.